The van der Waals surface area contributed by atoms with Crippen molar-refractivity contribution in [3.8, 4) is 16.9 Å². The summed E-state index contributed by atoms with van der Waals surface area (Å²) in [6.07, 6.45) is -1.50. The normalized spacial score (nSPS) is 16.2. The van der Waals surface area contributed by atoms with Crippen molar-refractivity contribution in [2.24, 2.45) is 0 Å². The van der Waals surface area contributed by atoms with Gasteiger partial charge < -0.3 is 4.74 Å². The van der Waals surface area contributed by atoms with E-state index in [0.717, 1.165) is 38.2 Å². The maximum absolute atomic E-state index is 12.9. The maximum Gasteiger partial charge on any atom is 0.408 e. The van der Waals surface area contributed by atoms with Gasteiger partial charge in [-0.05, 0) is 46.8 Å². The largest absolute Gasteiger partial charge is 0.493 e. The summed E-state index contributed by atoms with van der Waals surface area (Å²) in [6, 6.07) is 12.4. The highest BCUT2D eigenvalue weighted by Crippen LogP contribution is 2.46. The number of fused-ring (bicyclic) bond motifs is 2. The highest BCUT2D eigenvalue weighted by atomic mass is 32.2. The summed E-state index contributed by atoms with van der Waals surface area (Å²) in [5, 5.41) is 3.74. The molecule has 1 aromatic heterocycles. The summed E-state index contributed by atoms with van der Waals surface area (Å²) in [7, 11) is -3.34. The monoisotopic (exact) mass is 508 g/mol. The molecule has 178 valence electrons. The molecule has 0 saturated carbocycles. The Morgan fingerprint density at radius 2 is 1.94 bits per heavy atom. The third kappa shape index (κ3) is 4.51. The molecule has 0 bridgehead atoms. The average molecular weight is 509 g/mol. The van der Waals surface area contributed by atoms with Gasteiger partial charge >= 0.3 is 6.18 Å². The summed E-state index contributed by atoms with van der Waals surface area (Å²) < 4.78 is 71.2. The summed E-state index contributed by atoms with van der Waals surface area (Å²) in [5.41, 5.74) is 3.37. The first kappa shape index (κ1) is 22.8. The quantitative estimate of drug-likeness (QED) is 0.478. The topological polar surface area (TPSA) is 77.3 Å². The Morgan fingerprint density at radius 1 is 1.15 bits per heavy atom. The highest BCUT2D eigenvalue weighted by molar-refractivity contribution is 8.04. The van der Waals surface area contributed by atoms with Crippen LogP contribution in [-0.2, 0) is 16.4 Å². The zero-order valence-corrected chi connectivity index (χ0v) is 19.5. The van der Waals surface area contributed by atoms with Gasteiger partial charge in [0, 0.05) is 23.1 Å². The lowest BCUT2D eigenvalue weighted by Crippen LogP contribution is -2.24. The zero-order valence-electron chi connectivity index (χ0n) is 17.9. The second kappa shape index (κ2) is 8.35. The molecule has 7 nitrogen and oxygen atoms in total. The Kier molecular flexibility index (Phi) is 5.59. The fraction of sp³-hybridized carbons (Fsp3) is 0.273. The van der Waals surface area contributed by atoms with Crippen LogP contribution in [0.25, 0.3) is 16.7 Å². The van der Waals surface area contributed by atoms with Crippen LogP contribution in [0.2, 0.25) is 0 Å². The van der Waals surface area contributed by atoms with Crippen molar-refractivity contribution in [3.63, 3.8) is 0 Å². The molecular formula is C22H19F3N4O3S2. The Bertz CT molecular complexity index is 1400. The lowest BCUT2D eigenvalue weighted by Gasteiger charge is -2.19. The molecule has 0 radical (unpaired) electrons. The van der Waals surface area contributed by atoms with Gasteiger partial charge in [-0.2, -0.15) is 23.3 Å². The van der Waals surface area contributed by atoms with Crippen molar-refractivity contribution in [1.29, 1.82) is 0 Å². The van der Waals surface area contributed by atoms with Gasteiger partial charge in [-0.25, -0.2) is 13.1 Å². The number of rotatable bonds is 4. The smallest absolute Gasteiger partial charge is 0.408 e. The van der Waals surface area contributed by atoms with Gasteiger partial charge in [-0.15, -0.1) is 0 Å². The summed E-state index contributed by atoms with van der Waals surface area (Å²) in [5.74, 6) is 0.790. The van der Waals surface area contributed by atoms with Gasteiger partial charge in [-0.3, -0.25) is 4.31 Å². The molecule has 0 fully saturated rings. The van der Waals surface area contributed by atoms with E-state index in [1.165, 1.54) is 18.2 Å². The number of halogens is 3. The average Bonchev–Trinajstić information content (AvgIpc) is 3.35. The van der Waals surface area contributed by atoms with E-state index >= 15 is 0 Å². The molecule has 0 unspecified atom stereocenters. The van der Waals surface area contributed by atoms with Crippen LogP contribution < -0.4 is 9.04 Å². The van der Waals surface area contributed by atoms with Gasteiger partial charge in [0.05, 0.1) is 18.0 Å². The van der Waals surface area contributed by atoms with Crippen LogP contribution in [0.3, 0.4) is 0 Å². The van der Waals surface area contributed by atoms with Crippen LogP contribution in [0, 0.1) is 0 Å². The van der Waals surface area contributed by atoms with Crippen LogP contribution in [-0.4, -0.2) is 48.8 Å². The molecule has 0 atom stereocenters. The van der Waals surface area contributed by atoms with Gasteiger partial charge in [0.25, 0.3) is 0 Å². The number of aromatic nitrogens is 3. The van der Waals surface area contributed by atoms with Gasteiger partial charge in [0.1, 0.15) is 18.6 Å². The van der Waals surface area contributed by atoms with Gasteiger partial charge in [0.15, 0.2) is 9.84 Å². The number of nitrogens with zero attached hydrogens (tertiary/aromatic N) is 4. The Balaban J connectivity index is 1.45. The van der Waals surface area contributed by atoms with Crippen LogP contribution in [0.4, 0.5) is 19.1 Å². The molecule has 0 spiro atoms. The molecule has 34 heavy (non-hydrogen) atoms. The standard InChI is InChI=1S/C22H19F3N4O3S2/c1-34(30,31)16-4-2-3-14(9-16)15-5-6-17-18-11-29(33-20(18)7-8-32-19(17)10-15)21-26-13-27-28(21)12-22(23,24)25/h2-6,9-10,13H,7-8,11-12H2,1H3. The third-order valence-electron chi connectivity index (χ3n) is 5.49. The summed E-state index contributed by atoms with van der Waals surface area (Å²) in [4.78, 5) is 5.29. The van der Waals surface area contributed by atoms with E-state index in [-0.39, 0.29) is 10.8 Å². The maximum atomic E-state index is 12.9. The molecule has 12 heteroatoms. The minimum absolute atomic E-state index is 0.145. The first-order chi connectivity index (χ1) is 16.1. The summed E-state index contributed by atoms with van der Waals surface area (Å²) in [6.45, 7) is -0.440. The van der Waals surface area contributed by atoms with E-state index in [9.17, 15) is 21.6 Å². The van der Waals surface area contributed by atoms with Crippen molar-refractivity contribution < 1.29 is 26.3 Å². The van der Waals surface area contributed by atoms with Crippen LogP contribution in [0.1, 0.15) is 12.0 Å². The van der Waals surface area contributed by atoms with Crippen molar-refractivity contribution in [3.05, 3.63) is 59.3 Å². The molecule has 2 aromatic carbocycles. The SMILES string of the molecule is CS(=O)(=O)c1cccc(-c2ccc3c(c2)OCCC2=C3CN(c3ncnn3CC(F)(F)F)S2)c1. The molecule has 3 aromatic rings. The van der Waals surface area contributed by atoms with Crippen LogP contribution >= 0.6 is 11.9 Å². The number of hydrogen-bond acceptors (Lipinski definition) is 7. The minimum Gasteiger partial charge on any atom is -0.493 e. The molecular weight excluding hydrogens is 489 g/mol. The number of hydrogen-bond donors (Lipinski definition) is 0. The minimum atomic E-state index is -4.40. The Morgan fingerprint density at radius 3 is 2.71 bits per heavy atom. The van der Waals surface area contributed by atoms with Crippen molar-refractivity contribution in [2.75, 3.05) is 23.7 Å². The molecule has 5 rings (SSSR count). The molecule has 2 aliphatic rings. The van der Waals surface area contributed by atoms with Crippen molar-refractivity contribution >= 4 is 33.3 Å². The lowest BCUT2D eigenvalue weighted by atomic mass is 9.99. The Hall–Kier alpha value is -2.99. The summed E-state index contributed by atoms with van der Waals surface area (Å²) >= 11 is 1.35. The Labute approximate surface area is 198 Å². The zero-order chi connectivity index (χ0) is 24.1. The fourth-order valence-electron chi connectivity index (χ4n) is 3.96. The molecule has 0 N–H and O–H groups in total. The second-order valence-corrected chi connectivity index (χ2v) is 11.1. The van der Waals surface area contributed by atoms with Crippen LogP contribution in [0.5, 0.6) is 5.75 Å². The molecule has 2 aliphatic heterocycles. The number of benzene rings is 2. The van der Waals surface area contributed by atoms with Crippen molar-refractivity contribution in [2.45, 2.75) is 24.0 Å². The first-order valence-corrected chi connectivity index (χ1v) is 12.9. The highest BCUT2D eigenvalue weighted by Gasteiger charge is 2.34. The number of sulfone groups is 1. The number of alkyl halides is 3. The molecule has 3 heterocycles. The predicted molar refractivity (Wildman–Crippen MR) is 123 cm³/mol. The predicted octanol–water partition coefficient (Wildman–Crippen LogP) is 4.57. The lowest BCUT2D eigenvalue weighted by molar-refractivity contribution is -0.142. The first-order valence-electron chi connectivity index (χ1n) is 10.3. The van der Waals surface area contributed by atoms with Crippen molar-refractivity contribution in [1.82, 2.24) is 14.8 Å². The fourth-order valence-corrected chi connectivity index (χ4v) is 5.77. The third-order valence-corrected chi connectivity index (χ3v) is 7.79. The molecule has 0 aliphatic carbocycles. The molecule has 0 saturated heterocycles. The van der Waals surface area contributed by atoms with Crippen LogP contribution in [0.15, 0.2) is 58.6 Å². The number of anilines is 1. The van der Waals surface area contributed by atoms with Gasteiger partial charge in [0.2, 0.25) is 5.95 Å². The van der Waals surface area contributed by atoms with Gasteiger partial charge in [-0.1, -0.05) is 24.3 Å². The number of ether oxygens (including phenoxy) is 1. The van der Waals surface area contributed by atoms with E-state index in [1.54, 1.807) is 22.5 Å². The van der Waals surface area contributed by atoms with E-state index in [1.807, 2.05) is 24.3 Å². The van der Waals surface area contributed by atoms with E-state index in [2.05, 4.69) is 10.1 Å². The van der Waals surface area contributed by atoms with E-state index in [4.69, 9.17) is 4.74 Å². The second-order valence-electron chi connectivity index (χ2n) is 7.97. The molecule has 0 amide bonds. The van der Waals surface area contributed by atoms with E-state index < -0.39 is 22.6 Å². The van der Waals surface area contributed by atoms with E-state index in [0.29, 0.717) is 25.3 Å².